The van der Waals surface area contributed by atoms with Crippen LogP contribution in [0.25, 0.3) is 11.1 Å². The lowest BCUT2D eigenvalue weighted by Gasteiger charge is -2.15. The second kappa shape index (κ2) is 11.2. The fourth-order valence-corrected chi connectivity index (χ4v) is 3.00. The predicted octanol–water partition coefficient (Wildman–Crippen LogP) is 3.12. The van der Waals surface area contributed by atoms with Crippen molar-refractivity contribution < 1.29 is 33.0 Å². The van der Waals surface area contributed by atoms with Gasteiger partial charge in [0, 0.05) is 26.1 Å². The van der Waals surface area contributed by atoms with Crippen LogP contribution in [0.3, 0.4) is 0 Å². The summed E-state index contributed by atoms with van der Waals surface area (Å²) in [4.78, 5) is 14.7. The van der Waals surface area contributed by atoms with Crippen LogP contribution in [-0.2, 0) is 10.2 Å². The van der Waals surface area contributed by atoms with E-state index < -0.39 is 89.2 Å². The molecule has 0 aliphatic heterocycles. The summed E-state index contributed by atoms with van der Waals surface area (Å²) in [5, 5.41) is 0. The molecule has 3 rings (SSSR count). The normalized spacial score (nSPS) is 17.0. The maximum Gasteiger partial charge on any atom is 0.316 e. The zero-order valence-corrected chi connectivity index (χ0v) is 19.0. The molecule has 2 aromatic heterocycles. The van der Waals surface area contributed by atoms with Gasteiger partial charge in [-0.2, -0.15) is 13.1 Å². The molecule has 32 heavy (non-hydrogen) atoms. The first-order valence-electron chi connectivity index (χ1n) is 14.3. The monoisotopic (exact) mass is 533 g/mol. The first kappa shape index (κ1) is 13.0. The Morgan fingerprint density at radius 1 is 1.12 bits per heavy atom. The van der Waals surface area contributed by atoms with E-state index in [2.05, 4.69) is 35.9 Å². The molecule has 2 N–H and O–H groups in total. The summed E-state index contributed by atoms with van der Waals surface area (Å²) in [6.07, 6.45) is -1.91. The number of anilines is 1. The molecule has 0 aliphatic rings. The molecular weight excluding hydrogens is 500 g/mol. The van der Waals surface area contributed by atoms with Crippen molar-refractivity contribution in [3.05, 3.63) is 52.9 Å². The third-order valence-electron chi connectivity index (χ3n) is 3.29. The number of rotatable bonds is 11. The largest absolute Gasteiger partial charge is 0.473 e. The fraction of sp³-hybridized carbons (Fsp3) is 0.300. The molecule has 0 aliphatic carbocycles. The summed E-state index contributed by atoms with van der Waals surface area (Å²) in [6, 6.07) is -3.23. The summed E-state index contributed by atoms with van der Waals surface area (Å²) >= 11 is 2.95. The molecule has 2 heterocycles. The van der Waals surface area contributed by atoms with E-state index in [-0.39, 0.29) is 28.8 Å². The minimum atomic E-state index is -4.82. The molecule has 3 aromatic rings. The molecule has 0 bridgehead atoms. The highest BCUT2D eigenvalue weighted by atomic mass is 79.9. The Morgan fingerprint density at radius 3 is 2.53 bits per heavy atom. The number of nitrogens with one attached hydrogen (secondary N) is 2. The summed E-state index contributed by atoms with van der Waals surface area (Å²) in [5.74, 6) is -1.76. The van der Waals surface area contributed by atoms with Crippen molar-refractivity contribution in [2.24, 2.45) is 0 Å². The van der Waals surface area contributed by atoms with Gasteiger partial charge in [-0.15, -0.1) is 0 Å². The molecule has 0 fully saturated rings. The number of hydrogen-bond donors (Lipinski definition) is 2. The molecule has 0 saturated carbocycles. The highest BCUT2D eigenvalue weighted by Crippen LogP contribution is 2.34. The molecule has 0 unspecified atom stereocenters. The van der Waals surface area contributed by atoms with Crippen LogP contribution in [0.1, 0.15) is 34.0 Å². The van der Waals surface area contributed by atoms with Gasteiger partial charge >= 0.3 is 6.01 Å². The third-order valence-corrected chi connectivity index (χ3v) is 4.56. The minimum absolute atomic E-state index is 0.145. The Kier molecular flexibility index (Phi) is 4.54. The Bertz CT molecular complexity index is 1630. The van der Waals surface area contributed by atoms with Crippen molar-refractivity contribution in [1.29, 1.82) is 0 Å². The number of hydrogen-bond acceptors (Lipinski definition) is 8. The van der Waals surface area contributed by atoms with Crippen molar-refractivity contribution >= 4 is 32.0 Å². The van der Waals surface area contributed by atoms with Gasteiger partial charge in [0.05, 0.1) is 16.5 Å². The molecule has 10 nitrogen and oxygen atoms in total. The first-order valence-corrected chi connectivity index (χ1v) is 11.1. The van der Waals surface area contributed by atoms with Crippen molar-refractivity contribution in [1.82, 2.24) is 24.7 Å². The lowest BCUT2D eigenvalue weighted by Crippen LogP contribution is -2.31. The summed E-state index contributed by atoms with van der Waals surface area (Å²) < 4.78 is 128. The van der Waals surface area contributed by atoms with Gasteiger partial charge in [-0.1, -0.05) is 34.9 Å². The van der Waals surface area contributed by atoms with E-state index in [1.165, 1.54) is 13.8 Å². The van der Waals surface area contributed by atoms with Gasteiger partial charge in [-0.05, 0) is 36.6 Å². The average Bonchev–Trinajstić information content (AvgIpc) is 2.88. The standard InChI is InChI=1S/C20H23BrN6O4S/c1-3-8-26-32(28,29)27-18-17(15-4-6-16(21)7-5-15)19(25-13-24-18)30-9-10-31-20-22-11-14(2)12-23-20/h4-7,11-13,26H,3,8-10H2,1-2H3,(H,24,25,27)/i4D,5D,6D,7D,8D2,9D2,11D,12D,13D. The van der Waals surface area contributed by atoms with Gasteiger partial charge in [-0.25, -0.2) is 19.9 Å². The summed E-state index contributed by atoms with van der Waals surface area (Å²) in [6.45, 7) is -3.54. The zero-order chi connectivity index (χ0) is 32.7. The molecule has 0 saturated heterocycles. The molecular formula is C20H23BrN6O4S. The highest BCUT2D eigenvalue weighted by Gasteiger charge is 2.19. The van der Waals surface area contributed by atoms with Crippen LogP contribution in [0, 0.1) is 6.92 Å². The maximum absolute atomic E-state index is 12.8. The summed E-state index contributed by atoms with van der Waals surface area (Å²) in [5.41, 5.74) is -1.20. The van der Waals surface area contributed by atoms with Crippen LogP contribution >= 0.6 is 15.9 Å². The molecule has 0 atom stereocenters. The van der Waals surface area contributed by atoms with Crippen LogP contribution in [-0.4, -0.2) is 48.0 Å². The van der Waals surface area contributed by atoms with E-state index >= 15 is 0 Å². The van der Waals surface area contributed by atoms with Gasteiger partial charge in [-0.3, -0.25) is 4.72 Å². The smallest absolute Gasteiger partial charge is 0.316 e. The lowest BCUT2D eigenvalue weighted by atomic mass is 10.1. The fourth-order valence-electron chi connectivity index (χ4n) is 2.02. The number of aromatic nitrogens is 4. The molecule has 1 aromatic carbocycles. The Morgan fingerprint density at radius 2 is 1.84 bits per heavy atom. The molecule has 170 valence electrons. The van der Waals surface area contributed by atoms with Gasteiger partial charge in [0.25, 0.3) is 10.2 Å². The SMILES string of the molecule is [2H]c1nc(NS(=O)(=O)NC([2H])([2H])CC)c(-c2c([2H])c([2H])c(Br)c([2H])c2[2H])c(OC([2H])([2H])COc2nc([2H])c(C)c([2H])n2)n1. The highest BCUT2D eigenvalue weighted by molar-refractivity contribution is 9.10. The molecule has 0 amide bonds. The molecule has 0 spiro atoms. The van der Waals surface area contributed by atoms with E-state index in [1.54, 1.807) is 4.72 Å². The van der Waals surface area contributed by atoms with Crippen LogP contribution < -0.4 is 18.9 Å². The average molecular weight is 534 g/mol. The molecule has 12 heteroatoms. The van der Waals surface area contributed by atoms with Crippen LogP contribution in [0.15, 0.2) is 47.3 Å². The van der Waals surface area contributed by atoms with Crippen molar-refractivity contribution in [2.45, 2.75) is 20.3 Å². The minimum Gasteiger partial charge on any atom is -0.473 e. The second-order valence-electron chi connectivity index (χ2n) is 5.67. The maximum atomic E-state index is 12.8. The first-order chi connectivity index (χ1) is 19.7. The van der Waals surface area contributed by atoms with E-state index in [4.69, 9.17) is 24.6 Å². The number of halogens is 1. The van der Waals surface area contributed by atoms with Gasteiger partial charge in [0.1, 0.15) is 20.8 Å². The van der Waals surface area contributed by atoms with Gasteiger partial charge in [0.2, 0.25) is 5.88 Å². The van der Waals surface area contributed by atoms with Crippen LogP contribution in [0.5, 0.6) is 11.9 Å². The van der Waals surface area contributed by atoms with E-state index in [9.17, 15) is 8.42 Å². The van der Waals surface area contributed by atoms with E-state index in [0.717, 1.165) is 0 Å². The van der Waals surface area contributed by atoms with Crippen LogP contribution in [0.2, 0.25) is 0 Å². The Hall–Kier alpha value is -2.83. The molecule has 0 radical (unpaired) electrons. The summed E-state index contributed by atoms with van der Waals surface area (Å²) in [7, 11) is -4.82. The van der Waals surface area contributed by atoms with Crippen molar-refractivity contribution in [3.8, 4) is 23.0 Å². The third kappa shape index (κ3) is 6.84. The number of nitrogens with zero attached hydrogens (tertiary/aromatic N) is 4. The van der Waals surface area contributed by atoms with Gasteiger partial charge in [0.15, 0.2) is 5.82 Å². The number of benzene rings is 1. The zero-order valence-electron chi connectivity index (χ0n) is 27.6. The van der Waals surface area contributed by atoms with Gasteiger partial charge < -0.3 is 9.47 Å². The van der Waals surface area contributed by atoms with E-state index in [0.29, 0.717) is 0 Å². The quantitative estimate of drug-likeness (QED) is 0.384. The van der Waals surface area contributed by atoms with E-state index in [1.807, 2.05) is 4.72 Å². The predicted molar refractivity (Wildman–Crippen MR) is 124 cm³/mol. The van der Waals surface area contributed by atoms with Crippen LogP contribution in [0.4, 0.5) is 5.82 Å². The topological polar surface area (TPSA) is 128 Å². The van der Waals surface area contributed by atoms with Crippen molar-refractivity contribution in [2.75, 3.05) is 24.4 Å². The lowest BCUT2D eigenvalue weighted by molar-refractivity contribution is 0.202. The van der Waals surface area contributed by atoms with Crippen molar-refractivity contribution in [3.63, 3.8) is 0 Å². The Balaban J connectivity index is 2.18. The Labute approximate surface area is 210 Å². The number of ether oxygens (including phenoxy) is 2. The second-order valence-corrected chi connectivity index (χ2v) is 7.88.